The second-order valence-electron chi connectivity index (χ2n) is 5.13. The van der Waals surface area contributed by atoms with Crippen molar-refractivity contribution in [1.82, 2.24) is 24.5 Å². The standard InChI is InChI=1S/C14H17N5OS/c1-2-11-13(21-18-17-11)14(20)19-7-3-4-10(8-19)12-5-6-15-9-16-12/h5-6,9-10H,2-4,7-8H2,1H3/t10-/m1/s1. The summed E-state index contributed by atoms with van der Waals surface area (Å²) in [6, 6.07) is 1.93. The zero-order chi connectivity index (χ0) is 14.7. The van der Waals surface area contributed by atoms with Crippen molar-refractivity contribution in [1.29, 1.82) is 0 Å². The van der Waals surface area contributed by atoms with Crippen LogP contribution in [0.4, 0.5) is 0 Å². The monoisotopic (exact) mass is 303 g/mol. The third-order valence-electron chi connectivity index (χ3n) is 3.82. The maximum atomic E-state index is 12.6. The highest BCUT2D eigenvalue weighted by molar-refractivity contribution is 7.08. The topological polar surface area (TPSA) is 71.9 Å². The molecule has 0 spiro atoms. The van der Waals surface area contributed by atoms with Gasteiger partial charge in [-0.15, -0.1) is 5.10 Å². The van der Waals surface area contributed by atoms with Gasteiger partial charge in [-0.05, 0) is 36.9 Å². The SMILES string of the molecule is CCc1nnsc1C(=O)N1CCC[C@@H](c2ccncn2)C1. The quantitative estimate of drug-likeness (QED) is 0.866. The molecule has 0 N–H and O–H groups in total. The van der Waals surface area contributed by atoms with Crippen molar-refractivity contribution in [3.05, 3.63) is 34.9 Å². The smallest absolute Gasteiger partial charge is 0.267 e. The average molecular weight is 303 g/mol. The molecule has 1 amide bonds. The lowest BCUT2D eigenvalue weighted by molar-refractivity contribution is 0.0709. The van der Waals surface area contributed by atoms with Crippen molar-refractivity contribution in [2.45, 2.75) is 32.1 Å². The number of piperidine rings is 1. The van der Waals surface area contributed by atoms with Crippen LogP contribution in [0, 0.1) is 0 Å². The summed E-state index contributed by atoms with van der Waals surface area (Å²) < 4.78 is 3.91. The molecule has 2 aromatic heterocycles. The minimum Gasteiger partial charge on any atom is -0.337 e. The van der Waals surface area contributed by atoms with Crippen LogP contribution in [0.1, 0.15) is 46.7 Å². The van der Waals surface area contributed by atoms with E-state index >= 15 is 0 Å². The van der Waals surface area contributed by atoms with Crippen LogP contribution in [0.5, 0.6) is 0 Å². The van der Waals surface area contributed by atoms with Gasteiger partial charge in [-0.2, -0.15) is 0 Å². The summed E-state index contributed by atoms with van der Waals surface area (Å²) in [5.41, 5.74) is 1.81. The molecular weight excluding hydrogens is 286 g/mol. The maximum absolute atomic E-state index is 12.6. The lowest BCUT2D eigenvalue weighted by atomic mass is 9.94. The van der Waals surface area contributed by atoms with E-state index in [2.05, 4.69) is 19.6 Å². The van der Waals surface area contributed by atoms with E-state index in [-0.39, 0.29) is 11.8 Å². The zero-order valence-electron chi connectivity index (χ0n) is 11.9. The van der Waals surface area contributed by atoms with Gasteiger partial charge in [0.15, 0.2) is 0 Å². The molecule has 6 nitrogen and oxygen atoms in total. The fourth-order valence-corrected chi connectivity index (χ4v) is 3.41. The highest BCUT2D eigenvalue weighted by Gasteiger charge is 2.28. The Morgan fingerprint density at radius 1 is 1.52 bits per heavy atom. The van der Waals surface area contributed by atoms with Crippen LogP contribution in [0.2, 0.25) is 0 Å². The lowest BCUT2D eigenvalue weighted by Crippen LogP contribution is -2.39. The van der Waals surface area contributed by atoms with E-state index in [1.54, 1.807) is 12.5 Å². The molecule has 1 fully saturated rings. The molecule has 3 rings (SSSR count). The number of carbonyl (C=O) groups is 1. The van der Waals surface area contributed by atoms with E-state index < -0.39 is 0 Å². The van der Waals surface area contributed by atoms with Crippen LogP contribution >= 0.6 is 11.5 Å². The fraction of sp³-hybridized carbons (Fsp3) is 0.500. The van der Waals surface area contributed by atoms with Crippen molar-refractivity contribution in [3.63, 3.8) is 0 Å². The number of likely N-dealkylation sites (tertiary alicyclic amines) is 1. The number of hydrogen-bond donors (Lipinski definition) is 0. The fourth-order valence-electron chi connectivity index (χ4n) is 2.69. The molecule has 0 saturated carbocycles. The molecule has 0 unspecified atom stereocenters. The Balaban J connectivity index is 1.76. The number of amides is 1. The Kier molecular flexibility index (Phi) is 4.19. The Morgan fingerprint density at radius 2 is 2.43 bits per heavy atom. The lowest BCUT2D eigenvalue weighted by Gasteiger charge is -2.32. The number of aromatic nitrogens is 4. The molecule has 110 valence electrons. The van der Waals surface area contributed by atoms with E-state index in [4.69, 9.17) is 0 Å². The summed E-state index contributed by atoms with van der Waals surface area (Å²) in [5.74, 6) is 0.345. The second-order valence-corrected chi connectivity index (χ2v) is 5.88. The minimum atomic E-state index is 0.0561. The highest BCUT2D eigenvalue weighted by Crippen LogP contribution is 2.27. The molecule has 2 aromatic rings. The predicted octanol–water partition coefficient (Wildman–Crippen LogP) is 1.91. The first-order valence-electron chi connectivity index (χ1n) is 7.16. The molecule has 0 aromatic carbocycles. The highest BCUT2D eigenvalue weighted by atomic mass is 32.1. The van der Waals surface area contributed by atoms with Gasteiger partial charge in [-0.25, -0.2) is 9.97 Å². The van der Waals surface area contributed by atoms with Crippen molar-refractivity contribution in [2.75, 3.05) is 13.1 Å². The van der Waals surface area contributed by atoms with E-state index in [9.17, 15) is 4.79 Å². The third kappa shape index (κ3) is 2.92. The number of aryl methyl sites for hydroxylation is 1. The molecule has 7 heteroatoms. The van der Waals surface area contributed by atoms with Gasteiger partial charge >= 0.3 is 0 Å². The summed E-state index contributed by atoms with van der Waals surface area (Å²) >= 11 is 1.19. The number of hydrogen-bond acceptors (Lipinski definition) is 6. The average Bonchev–Trinajstić information content (AvgIpc) is 3.04. The summed E-state index contributed by atoms with van der Waals surface area (Å²) in [4.78, 5) is 23.5. The molecule has 1 aliphatic heterocycles. The molecule has 21 heavy (non-hydrogen) atoms. The first-order valence-corrected chi connectivity index (χ1v) is 7.93. The Hall–Kier alpha value is -1.89. The number of rotatable bonds is 3. The number of carbonyl (C=O) groups excluding carboxylic acids is 1. The third-order valence-corrected chi connectivity index (χ3v) is 4.57. The molecule has 1 saturated heterocycles. The van der Waals surface area contributed by atoms with Crippen molar-refractivity contribution >= 4 is 17.4 Å². The van der Waals surface area contributed by atoms with Crippen LogP contribution in [0.3, 0.4) is 0 Å². The Morgan fingerprint density at radius 3 is 3.19 bits per heavy atom. The van der Waals surface area contributed by atoms with E-state index in [0.29, 0.717) is 11.4 Å². The molecule has 0 radical (unpaired) electrons. The van der Waals surface area contributed by atoms with Gasteiger partial charge in [0.25, 0.3) is 5.91 Å². The zero-order valence-corrected chi connectivity index (χ0v) is 12.7. The molecular formula is C14H17N5OS. The number of nitrogens with zero attached hydrogens (tertiary/aromatic N) is 5. The van der Waals surface area contributed by atoms with Crippen molar-refractivity contribution in [2.24, 2.45) is 0 Å². The summed E-state index contributed by atoms with van der Waals surface area (Å²) in [5, 5.41) is 4.03. The van der Waals surface area contributed by atoms with Gasteiger partial charge in [-0.1, -0.05) is 11.4 Å². The molecule has 1 atom stereocenters. The summed E-state index contributed by atoms with van der Waals surface area (Å²) in [7, 11) is 0. The van der Waals surface area contributed by atoms with Gasteiger partial charge in [0.05, 0.1) is 5.69 Å². The summed E-state index contributed by atoms with van der Waals surface area (Å²) in [6.07, 6.45) is 6.11. The van der Waals surface area contributed by atoms with Gasteiger partial charge < -0.3 is 4.90 Å². The Labute approximate surface area is 127 Å². The van der Waals surface area contributed by atoms with Crippen molar-refractivity contribution in [3.8, 4) is 0 Å². The molecule has 1 aliphatic rings. The summed E-state index contributed by atoms with van der Waals surface area (Å²) in [6.45, 7) is 3.49. The van der Waals surface area contributed by atoms with E-state index in [1.165, 1.54) is 11.5 Å². The first kappa shape index (κ1) is 14.1. The predicted molar refractivity (Wildman–Crippen MR) is 79.2 cm³/mol. The first-order chi connectivity index (χ1) is 10.3. The van der Waals surface area contributed by atoms with Gasteiger partial charge in [0.1, 0.15) is 11.2 Å². The van der Waals surface area contributed by atoms with Crippen LogP contribution in [-0.2, 0) is 6.42 Å². The second kappa shape index (κ2) is 6.26. The van der Waals surface area contributed by atoms with Crippen molar-refractivity contribution < 1.29 is 4.79 Å². The van der Waals surface area contributed by atoms with E-state index in [1.807, 2.05) is 17.9 Å². The van der Waals surface area contributed by atoms with Crippen LogP contribution < -0.4 is 0 Å². The largest absolute Gasteiger partial charge is 0.337 e. The van der Waals surface area contributed by atoms with Gasteiger partial charge in [0.2, 0.25) is 0 Å². The van der Waals surface area contributed by atoms with Gasteiger partial charge in [0, 0.05) is 30.9 Å². The van der Waals surface area contributed by atoms with Crippen LogP contribution in [0.15, 0.2) is 18.6 Å². The van der Waals surface area contributed by atoms with E-state index in [0.717, 1.165) is 37.2 Å². The Bertz CT molecular complexity index is 615. The van der Waals surface area contributed by atoms with Crippen LogP contribution in [-0.4, -0.2) is 43.5 Å². The maximum Gasteiger partial charge on any atom is 0.267 e. The minimum absolute atomic E-state index is 0.0561. The van der Waals surface area contributed by atoms with Gasteiger partial charge in [-0.3, -0.25) is 4.79 Å². The molecule has 0 aliphatic carbocycles. The normalized spacial score (nSPS) is 18.7. The molecule has 0 bridgehead atoms. The molecule has 3 heterocycles. The van der Waals surface area contributed by atoms with Crippen LogP contribution in [0.25, 0.3) is 0 Å².